The third-order valence-corrected chi connectivity index (χ3v) is 2.69. The highest BCUT2D eigenvalue weighted by Gasteiger charge is 2.31. The van der Waals surface area contributed by atoms with Crippen molar-refractivity contribution in [3.63, 3.8) is 0 Å². The summed E-state index contributed by atoms with van der Waals surface area (Å²) in [6, 6.07) is 0.325. The highest BCUT2D eigenvalue weighted by molar-refractivity contribution is 5.30. The Hall–Kier alpha value is -1.07. The SMILES string of the molecule is CCn1ncc(OC)c1C(C)(O)CNC(C)C. The van der Waals surface area contributed by atoms with E-state index in [9.17, 15) is 5.11 Å². The van der Waals surface area contributed by atoms with Crippen LogP contribution in [0.1, 0.15) is 33.4 Å². The molecule has 1 rings (SSSR count). The van der Waals surface area contributed by atoms with Crippen LogP contribution < -0.4 is 10.1 Å². The zero-order valence-electron chi connectivity index (χ0n) is 11.3. The van der Waals surface area contributed by atoms with E-state index in [1.807, 2.05) is 20.8 Å². The zero-order valence-corrected chi connectivity index (χ0v) is 11.3. The number of ether oxygens (including phenoxy) is 1. The van der Waals surface area contributed by atoms with Gasteiger partial charge in [0.05, 0.1) is 13.3 Å². The molecule has 2 N–H and O–H groups in total. The molecule has 0 spiro atoms. The van der Waals surface area contributed by atoms with Crippen molar-refractivity contribution >= 4 is 0 Å². The van der Waals surface area contributed by atoms with Gasteiger partial charge in [0, 0.05) is 19.1 Å². The molecule has 0 amide bonds. The van der Waals surface area contributed by atoms with Crippen LogP contribution in [0.15, 0.2) is 6.20 Å². The first-order valence-electron chi connectivity index (χ1n) is 5.98. The molecule has 1 aromatic heterocycles. The first kappa shape index (κ1) is 14.0. The lowest BCUT2D eigenvalue weighted by atomic mass is 10.0. The number of rotatable bonds is 6. The Morgan fingerprint density at radius 3 is 2.71 bits per heavy atom. The Morgan fingerprint density at radius 1 is 1.59 bits per heavy atom. The molecule has 1 unspecified atom stereocenters. The van der Waals surface area contributed by atoms with Gasteiger partial charge in [-0.2, -0.15) is 5.10 Å². The van der Waals surface area contributed by atoms with Crippen molar-refractivity contribution in [2.24, 2.45) is 0 Å². The summed E-state index contributed by atoms with van der Waals surface area (Å²) in [7, 11) is 1.59. The second kappa shape index (κ2) is 5.51. The molecule has 0 bridgehead atoms. The molecule has 1 aromatic rings. The second-order valence-corrected chi connectivity index (χ2v) is 4.69. The van der Waals surface area contributed by atoms with Crippen molar-refractivity contribution in [2.45, 2.75) is 45.9 Å². The smallest absolute Gasteiger partial charge is 0.162 e. The van der Waals surface area contributed by atoms with Gasteiger partial charge in [0.25, 0.3) is 0 Å². The van der Waals surface area contributed by atoms with E-state index in [4.69, 9.17) is 4.74 Å². The van der Waals surface area contributed by atoms with Crippen LogP contribution in [0, 0.1) is 0 Å². The van der Waals surface area contributed by atoms with Crippen LogP contribution in [0.25, 0.3) is 0 Å². The van der Waals surface area contributed by atoms with Crippen molar-refractivity contribution in [1.82, 2.24) is 15.1 Å². The standard InChI is InChI=1S/C12H23N3O2/c1-6-15-11(10(17-5)7-14-15)12(4,16)8-13-9(2)3/h7,9,13,16H,6,8H2,1-5H3. The molecule has 0 aliphatic rings. The molecule has 0 aliphatic carbocycles. The van der Waals surface area contributed by atoms with E-state index in [0.717, 1.165) is 5.69 Å². The van der Waals surface area contributed by atoms with Crippen molar-refractivity contribution < 1.29 is 9.84 Å². The van der Waals surface area contributed by atoms with Crippen LogP contribution >= 0.6 is 0 Å². The number of methoxy groups -OCH3 is 1. The molecule has 17 heavy (non-hydrogen) atoms. The van der Waals surface area contributed by atoms with Crippen molar-refractivity contribution in [3.05, 3.63) is 11.9 Å². The van der Waals surface area contributed by atoms with E-state index in [2.05, 4.69) is 10.4 Å². The van der Waals surface area contributed by atoms with Gasteiger partial charge in [-0.05, 0) is 13.8 Å². The van der Waals surface area contributed by atoms with E-state index in [-0.39, 0.29) is 0 Å². The fourth-order valence-corrected chi connectivity index (χ4v) is 1.79. The summed E-state index contributed by atoms with van der Waals surface area (Å²) in [4.78, 5) is 0. The number of nitrogens with one attached hydrogen (secondary N) is 1. The predicted octanol–water partition coefficient (Wildman–Crippen LogP) is 1.12. The van der Waals surface area contributed by atoms with Gasteiger partial charge in [-0.1, -0.05) is 13.8 Å². The van der Waals surface area contributed by atoms with Crippen LogP contribution in [0.2, 0.25) is 0 Å². The van der Waals surface area contributed by atoms with Crippen LogP contribution in [0.5, 0.6) is 5.75 Å². The molecule has 0 aromatic carbocycles. The topological polar surface area (TPSA) is 59.3 Å². The maximum Gasteiger partial charge on any atom is 0.162 e. The minimum Gasteiger partial charge on any atom is -0.493 e. The van der Waals surface area contributed by atoms with E-state index in [1.54, 1.807) is 24.9 Å². The molecule has 0 saturated carbocycles. The Labute approximate surface area is 103 Å². The fraction of sp³-hybridized carbons (Fsp3) is 0.750. The summed E-state index contributed by atoms with van der Waals surface area (Å²) < 4.78 is 7.01. The predicted molar refractivity (Wildman–Crippen MR) is 67.2 cm³/mol. The molecule has 0 fully saturated rings. The summed E-state index contributed by atoms with van der Waals surface area (Å²) in [6.07, 6.45) is 1.64. The molecule has 0 aliphatic heterocycles. The van der Waals surface area contributed by atoms with E-state index in [0.29, 0.717) is 24.9 Å². The lowest BCUT2D eigenvalue weighted by Crippen LogP contribution is -2.40. The molecule has 0 radical (unpaired) electrons. The van der Waals surface area contributed by atoms with Crippen molar-refractivity contribution in [3.8, 4) is 5.75 Å². The average Bonchev–Trinajstić information content (AvgIpc) is 2.70. The lowest BCUT2D eigenvalue weighted by molar-refractivity contribution is 0.0431. The fourth-order valence-electron chi connectivity index (χ4n) is 1.79. The number of hydrogen-bond donors (Lipinski definition) is 2. The van der Waals surface area contributed by atoms with Crippen LogP contribution in [0.4, 0.5) is 0 Å². The average molecular weight is 241 g/mol. The van der Waals surface area contributed by atoms with Crippen LogP contribution in [-0.4, -0.2) is 34.6 Å². The minimum atomic E-state index is -0.998. The molecule has 1 heterocycles. The molecular weight excluding hydrogens is 218 g/mol. The first-order chi connectivity index (χ1) is 7.92. The van der Waals surface area contributed by atoms with E-state index in [1.165, 1.54) is 0 Å². The van der Waals surface area contributed by atoms with Crippen molar-refractivity contribution in [1.29, 1.82) is 0 Å². The van der Waals surface area contributed by atoms with Gasteiger partial charge in [-0.25, -0.2) is 0 Å². The molecule has 0 saturated heterocycles. The zero-order chi connectivity index (χ0) is 13.1. The van der Waals surface area contributed by atoms with Gasteiger partial charge < -0.3 is 15.2 Å². The second-order valence-electron chi connectivity index (χ2n) is 4.69. The summed E-state index contributed by atoms with van der Waals surface area (Å²) in [5, 5.41) is 18.0. The summed E-state index contributed by atoms with van der Waals surface area (Å²) in [5.74, 6) is 0.627. The lowest BCUT2D eigenvalue weighted by Gasteiger charge is -2.26. The van der Waals surface area contributed by atoms with Crippen LogP contribution in [-0.2, 0) is 12.1 Å². The van der Waals surface area contributed by atoms with Gasteiger partial charge in [0.15, 0.2) is 5.75 Å². The van der Waals surface area contributed by atoms with Gasteiger partial charge >= 0.3 is 0 Å². The molecule has 1 atom stereocenters. The maximum absolute atomic E-state index is 10.5. The summed E-state index contributed by atoms with van der Waals surface area (Å²) in [5.41, 5.74) is -0.280. The number of aliphatic hydroxyl groups is 1. The Balaban J connectivity index is 2.98. The van der Waals surface area contributed by atoms with E-state index < -0.39 is 5.60 Å². The van der Waals surface area contributed by atoms with Gasteiger partial charge in [0.2, 0.25) is 0 Å². The van der Waals surface area contributed by atoms with Gasteiger partial charge in [-0.15, -0.1) is 0 Å². The third kappa shape index (κ3) is 3.20. The monoisotopic (exact) mass is 241 g/mol. The summed E-state index contributed by atoms with van der Waals surface area (Å²) >= 11 is 0. The van der Waals surface area contributed by atoms with Crippen molar-refractivity contribution in [2.75, 3.05) is 13.7 Å². The summed E-state index contributed by atoms with van der Waals surface area (Å²) in [6.45, 7) is 9.02. The number of aryl methyl sites for hydroxylation is 1. The Bertz CT molecular complexity index is 337. The number of hydrogen-bond acceptors (Lipinski definition) is 4. The maximum atomic E-state index is 10.5. The normalized spacial score (nSPS) is 15.0. The van der Waals surface area contributed by atoms with E-state index >= 15 is 0 Å². The minimum absolute atomic E-state index is 0.325. The Kier molecular flexibility index (Phi) is 4.54. The molecule has 98 valence electrons. The number of nitrogens with zero attached hydrogens (tertiary/aromatic N) is 2. The first-order valence-corrected chi connectivity index (χ1v) is 5.98. The number of aromatic nitrogens is 2. The highest BCUT2D eigenvalue weighted by Crippen LogP contribution is 2.29. The molecular formula is C12H23N3O2. The quantitative estimate of drug-likeness (QED) is 0.783. The van der Waals surface area contributed by atoms with Gasteiger partial charge in [0.1, 0.15) is 11.3 Å². The van der Waals surface area contributed by atoms with Crippen LogP contribution in [0.3, 0.4) is 0 Å². The third-order valence-electron chi connectivity index (χ3n) is 2.69. The molecule has 5 nitrogen and oxygen atoms in total. The highest BCUT2D eigenvalue weighted by atomic mass is 16.5. The Morgan fingerprint density at radius 2 is 2.24 bits per heavy atom. The molecule has 5 heteroatoms. The van der Waals surface area contributed by atoms with Gasteiger partial charge in [-0.3, -0.25) is 4.68 Å². The largest absolute Gasteiger partial charge is 0.493 e.